The normalized spacial score (nSPS) is 10.2. The minimum Gasteiger partial charge on any atom is -0.504 e. The maximum Gasteiger partial charge on any atom is 0.222 e. The van der Waals surface area contributed by atoms with Crippen LogP contribution in [0.25, 0.3) is 11.3 Å². The van der Waals surface area contributed by atoms with Gasteiger partial charge in [-0.2, -0.15) is 0 Å². The third kappa shape index (κ3) is 1.84. The minimum atomic E-state index is -0.0693. The number of hydrogen-bond acceptors (Lipinski definition) is 6. The molecule has 0 bridgehead atoms. The van der Waals surface area contributed by atoms with Crippen LogP contribution in [0, 0.1) is 0 Å². The number of ether oxygens (including phenoxy) is 2. The zero-order valence-electron chi connectivity index (χ0n) is 9.43. The van der Waals surface area contributed by atoms with E-state index in [0.717, 1.165) is 0 Å². The highest BCUT2D eigenvalue weighted by atomic mass is 16.5. The second kappa shape index (κ2) is 4.25. The molecule has 1 aromatic carbocycles. The van der Waals surface area contributed by atoms with E-state index in [-0.39, 0.29) is 17.4 Å². The second-order valence-electron chi connectivity index (χ2n) is 3.31. The lowest BCUT2D eigenvalue weighted by Gasteiger charge is -2.11. The summed E-state index contributed by atoms with van der Waals surface area (Å²) in [6.07, 6.45) is 0. The number of phenolic OH excluding ortho intramolecular Hbond substituents is 1. The molecule has 0 spiro atoms. The van der Waals surface area contributed by atoms with Gasteiger partial charge in [0.25, 0.3) is 0 Å². The van der Waals surface area contributed by atoms with Gasteiger partial charge in [0.05, 0.1) is 14.2 Å². The van der Waals surface area contributed by atoms with Crippen LogP contribution in [-0.4, -0.2) is 24.5 Å². The molecule has 17 heavy (non-hydrogen) atoms. The van der Waals surface area contributed by atoms with E-state index in [0.29, 0.717) is 17.0 Å². The predicted molar refractivity (Wildman–Crippen MR) is 61.1 cm³/mol. The molecule has 0 saturated heterocycles. The Kier molecular flexibility index (Phi) is 2.78. The van der Waals surface area contributed by atoms with Crippen molar-refractivity contribution >= 4 is 5.88 Å². The molecule has 0 aliphatic rings. The average Bonchev–Trinajstić information content (AvgIpc) is 2.75. The van der Waals surface area contributed by atoms with Crippen molar-refractivity contribution in [1.82, 2.24) is 5.16 Å². The summed E-state index contributed by atoms with van der Waals surface area (Å²) in [5.41, 5.74) is 6.32. The molecule has 1 heterocycles. The topological polar surface area (TPSA) is 90.7 Å². The zero-order chi connectivity index (χ0) is 12.4. The molecular formula is C11H12N2O4. The van der Waals surface area contributed by atoms with Crippen molar-refractivity contribution in [2.75, 3.05) is 20.0 Å². The van der Waals surface area contributed by atoms with Crippen molar-refractivity contribution in [2.45, 2.75) is 0 Å². The van der Waals surface area contributed by atoms with Crippen molar-refractivity contribution < 1.29 is 19.1 Å². The van der Waals surface area contributed by atoms with Gasteiger partial charge in [-0.05, 0) is 12.1 Å². The lowest BCUT2D eigenvalue weighted by molar-refractivity contribution is 0.333. The van der Waals surface area contributed by atoms with Gasteiger partial charge in [0.15, 0.2) is 11.5 Å². The number of anilines is 1. The molecule has 0 saturated carbocycles. The van der Waals surface area contributed by atoms with Gasteiger partial charge in [0.1, 0.15) is 5.69 Å². The van der Waals surface area contributed by atoms with Crippen LogP contribution in [0.5, 0.6) is 17.2 Å². The van der Waals surface area contributed by atoms with E-state index in [9.17, 15) is 5.11 Å². The highest BCUT2D eigenvalue weighted by Crippen LogP contribution is 2.43. The number of nitrogens with two attached hydrogens (primary N) is 1. The molecule has 3 N–H and O–H groups in total. The average molecular weight is 236 g/mol. The van der Waals surface area contributed by atoms with Crippen molar-refractivity contribution in [3.63, 3.8) is 0 Å². The largest absolute Gasteiger partial charge is 0.504 e. The van der Waals surface area contributed by atoms with E-state index in [1.807, 2.05) is 0 Å². The van der Waals surface area contributed by atoms with Crippen LogP contribution in [0.4, 0.5) is 5.88 Å². The van der Waals surface area contributed by atoms with Crippen LogP contribution in [0.1, 0.15) is 0 Å². The molecular weight excluding hydrogens is 224 g/mol. The summed E-state index contributed by atoms with van der Waals surface area (Å²) < 4.78 is 14.9. The van der Waals surface area contributed by atoms with E-state index in [4.69, 9.17) is 19.7 Å². The highest BCUT2D eigenvalue weighted by molar-refractivity contribution is 5.74. The summed E-state index contributed by atoms with van der Waals surface area (Å²) in [5, 5.41) is 13.8. The van der Waals surface area contributed by atoms with Crippen molar-refractivity contribution in [3.05, 3.63) is 18.2 Å². The number of rotatable bonds is 3. The molecule has 0 aliphatic carbocycles. The second-order valence-corrected chi connectivity index (χ2v) is 3.31. The molecule has 0 fully saturated rings. The summed E-state index contributed by atoms with van der Waals surface area (Å²) in [6, 6.07) is 4.83. The smallest absolute Gasteiger partial charge is 0.222 e. The molecule has 90 valence electrons. The molecule has 2 rings (SSSR count). The summed E-state index contributed by atoms with van der Waals surface area (Å²) >= 11 is 0. The fraction of sp³-hybridized carbons (Fsp3) is 0.182. The van der Waals surface area contributed by atoms with Crippen molar-refractivity contribution in [3.8, 4) is 28.5 Å². The monoisotopic (exact) mass is 236 g/mol. The van der Waals surface area contributed by atoms with Crippen LogP contribution in [0.3, 0.4) is 0 Å². The van der Waals surface area contributed by atoms with Gasteiger partial charge in [-0.25, -0.2) is 0 Å². The third-order valence-electron chi connectivity index (χ3n) is 2.32. The maximum absolute atomic E-state index is 10.0. The Morgan fingerprint density at radius 3 is 2.59 bits per heavy atom. The molecule has 0 radical (unpaired) electrons. The Labute approximate surface area is 97.5 Å². The first kappa shape index (κ1) is 11.1. The lowest BCUT2D eigenvalue weighted by Crippen LogP contribution is -1.92. The highest BCUT2D eigenvalue weighted by Gasteiger charge is 2.17. The number of hydrogen-bond donors (Lipinski definition) is 2. The molecule has 1 aromatic heterocycles. The van der Waals surface area contributed by atoms with Gasteiger partial charge in [0.2, 0.25) is 11.6 Å². The maximum atomic E-state index is 10.0. The Morgan fingerprint density at radius 2 is 2.06 bits per heavy atom. The Balaban J connectivity index is 2.56. The number of nitrogens with zero attached hydrogens (tertiary/aromatic N) is 1. The van der Waals surface area contributed by atoms with E-state index in [1.165, 1.54) is 20.3 Å². The number of benzene rings is 1. The van der Waals surface area contributed by atoms with Crippen LogP contribution < -0.4 is 15.2 Å². The fourth-order valence-electron chi connectivity index (χ4n) is 1.53. The van der Waals surface area contributed by atoms with E-state index < -0.39 is 0 Å². The lowest BCUT2D eigenvalue weighted by atomic mass is 10.1. The number of aromatic hydroxyl groups is 1. The molecule has 6 nitrogen and oxygen atoms in total. The molecule has 0 unspecified atom stereocenters. The van der Waals surface area contributed by atoms with E-state index >= 15 is 0 Å². The number of aromatic nitrogens is 1. The summed E-state index contributed by atoms with van der Waals surface area (Å²) in [7, 11) is 2.93. The molecule has 0 amide bonds. The molecule has 0 atom stereocenters. The quantitative estimate of drug-likeness (QED) is 0.841. The van der Waals surface area contributed by atoms with Crippen LogP contribution in [-0.2, 0) is 0 Å². The van der Waals surface area contributed by atoms with Crippen LogP contribution >= 0.6 is 0 Å². The Morgan fingerprint density at radius 1 is 1.29 bits per heavy atom. The van der Waals surface area contributed by atoms with Gasteiger partial charge in [-0.1, -0.05) is 5.16 Å². The van der Waals surface area contributed by atoms with Gasteiger partial charge < -0.3 is 24.8 Å². The number of phenols is 1. The first-order chi connectivity index (χ1) is 8.17. The van der Waals surface area contributed by atoms with Gasteiger partial charge >= 0.3 is 0 Å². The van der Waals surface area contributed by atoms with Gasteiger partial charge in [-0.3, -0.25) is 0 Å². The molecule has 0 aliphatic heterocycles. The van der Waals surface area contributed by atoms with Crippen molar-refractivity contribution in [1.29, 1.82) is 0 Å². The summed E-state index contributed by atoms with van der Waals surface area (Å²) in [6.45, 7) is 0. The third-order valence-corrected chi connectivity index (χ3v) is 2.32. The summed E-state index contributed by atoms with van der Waals surface area (Å²) in [5.74, 6) is 0.783. The minimum absolute atomic E-state index is 0.0693. The van der Waals surface area contributed by atoms with E-state index in [1.54, 1.807) is 12.1 Å². The predicted octanol–water partition coefficient (Wildman–Crippen LogP) is 1.65. The first-order valence-corrected chi connectivity index (χ1v) is 4.84. The van der Waals surface area contributed by atoms with Crippen LogP contribution in [0.2, 0.25) is 0 Å². The number of methoxy groups -OCH3 is 2. The first-order valence-electron chi connectivity index (χ1n) is 4.84. The standard InChI is InChI=1S/C11H12N2O4/c1-15-8-4-3-6(10(14)11(8)16-2)7-5-9(12)17-13-7/h3-5,14H,12H2,1-2H3. The Hall–Kier alpha value is -2.37. The van der Waals surface area contributed by atoms with Crippen molar-refractivity contribution in [2.24, 2.45) is 0 Å². The van der Waals surface area contributed by atoms with Crippen LogP contribution in [0.15, 0.2) is 22.7 Å². The summed E-state index contributed by atoms with van der Waals surface area (Å²) in [4.78, 5) is 0. The number of nitrogen functional groups attached to an aromatic ring is 1. The van der Waals surface area contributed by atoms with Gasteiger partial charge in [0, 0.05) is 11.6 Å². The zero-order valence-corrected chi connectivity index (χ0v) is 9.43. The molecule has 2 aromatic rings. The molecule has 6 heteroatoms. The fourth-order valence-corrected chi connectivity index (χ4v) is 1.53. The van der Waals surface area contributed by atoms with E-state index in [2.05, 4.69) is 5.16 Å². The Bertz CT molecular complexity index is 536. The SMILES string of the molecule is COc1ccc(-c2cc(N)on2)c(O)c1OC. The van der Waals surface area contributed by atoms with Gasteiger partial charge in [-0.15, -0.1) is 0 Å².